The highest BCUT2D eigenvalue weighted by Crippen LogP contribution is 2.32. The molecule has 32 heavy (non-hydrogen) atoms. The van der Waals surface area contributed by atoms with Crippen molar-refractivity contribution >= 4 is 23.3 Å². The lowest BCUT2D eigenvalue weighted by Crippen LogP contribution is -2.29. The van der Waals surface area contributed by atoms with Crippen molar-refractivity contribution in [2.45, 2.75) is 32.4 Å². The lowest BCUT2D eigenvalue weighted by atomic mass is 10.0. The molecule has 0 amide bonds. The van der Waals surface area contributed by atoms with Gasteiger partial charge in [0, 0.05) is 30.1 Å². The number of halogens is 1. The zero-order valence-electron chi connectivity index (χ0n) is 18.7. The van der Waals surface area contributed by atoms with Crippen molar-refractivity contribution in [3.05, 3.63) is 90.1 Å². The average molecular weight is 447 g/mol. The minimum absolute atomic E-state index is 0. The van der Waals surface area contributed by atoms with Crippen molar-refractivity contribution in [3.63, 3.8) is 0 Å². The number of hydrogen-bond donors (Lipinski definition) is 0. The van der Waals surface area contributed by atoms with Gasteiger partial charge in [0.2, 0.25) is 0 Å². The van der Waals surface area contributed by atoms with Crippen LogP contribution in [0.3, 0.4) is 0 Å². The quantitative estimate of drug-likeness (QED) is 0.323. The number of rotatable bonds is 6. The van der Waals surface area contributed by atoms with Crippen LogP contribution in [0.5, 0.6) is 5.75 Å². The molecule has 1 aromatic heterocycles. The first-order valence-electron chi connectivity index (χ1n) is 11.4. The van der Waals surface area contributed by atoms with Crippen LogP contribution in [-0.2, 0) is 20.2 Å². The molecule has 0 radical (unpaired) electrons. The van der Waals surface area contributed by atoms with E-state index in [0.717, 1.165) is 17.9 Å². The number of aryl methyl sites for hydroxylation is 1. The molecule has 1 aliphatic rings. The summed E-state index contributed by atoms with van der Waals surface area (Å²) in [5.41, 5.74) is 6.29. The molecule has 5 rings (SSSR count). The smallest absolute Gasteiger partial charge is 0.129 e. The molecule has 1 fully saturated rings. The second-order valence-corrected chi connectivity index (χ2v) is 8.49. The van der Waals surface area contributed by atoms with Crippen LogP contribution in [0.1, 0.15) is 30.5 Å². The molecule has 1 saturated heterocycles. The third-order valence-corrected chi connectivity index (χ3v) is 6.51. The number of piperidine rings is 1. The fourth-order valence-electron chi connectivity index (χ4n) is 4.82. The number of ether oxygens (including phenoxy) is 1. The first-order chi connectivity index (χ1) is 15.3. The number of benzene rings is 3. The summed E-state index contributed by atoms with van der Waals surface area (Å²) >= 11 is 0. The minimum Gasteiger partial charge on any atom is -0.487 e. The van der Waals surface area contributed by atoms with Crippen LogP contribution in [0.2, 0.25) is 0 Å². The van der Waals surface area contributed by atoms with Crippen LogP contribution < -0.4 is 4.74 Å². The number of nitrogens with zero attached hydrogens (tertiary/aromatic N) is 2. The molecule has 0 aliphatic carbocycles. The molecule has 0 bridgehead atoms. The SMILES string of the molecule is Cl.Cn1c(COc2ccccc2-c2ccccc2)c(CN2CCCCC2)c2ccccc21. The Morgan fingerprint density at radius 2 is 1.47 bits per heavy atom. The molecule has 4 heteroatoms. The van der Waals surface area contributed by atoms with Crippen molar-refractivity contribution < 1.29 is 4.74 Å². The van der Waals surface area contributed by atoms with Gasteiger partial charge in [-0.3, -0.25) is 4.90 Å². The molecule has 4 aromatic rings. The van der Waals surface area contributed by atoms with Gasteiger partial charge in [-0.2, -0.15) is 0 Å². The third kappa shape index (κ3) is 4.55. The maximum Gasteiger partial charge on any atom is 0.129 e. The van der Waals surface area contributed by atoms with Crippen molar-refractivity contribution in [1.82, 2.24) is 9.47 Å². The number of likely N-dealkylation sites (tertiary alicyclic amines) is 1. The van der Waals surface area contributed by atoms with Gasteiger partial charge < -0.3 is 9.30 Å². The van der Waals surface area contributed by atoms with E-state index in [-0.39, 0.29) is 12.4 Å². The predicted molar refractivity (Wildman–Crippen MR) is 136 cm³/mol. The number of aromatic nitrogens is 1. The first kappa shape index (κ1) is 22.4. The maximum absolute atomic E-state index is 6.48. The predicted octanol–water partition coefficient (Wildman–Crippen LogP) is 6.83. The number of hydrogen-bond acceptors (Lipinski definition) is 2. The molecular formula is C28H31ClN2O. The summed E-state index contributed by atoms with van der Waals surface area (Å²) in [7, 11) is 2.17. The van der Waals surface area contributed by atoms with E-state index in [2.05, 4.69) is 95.4 Å². The number of para-hydroxylation sites is 2. The molecular weight excluding hydrogens is 416 g/mol. The highest BCUT2D eigenvalue weighted by atomic mass is 35.5. The van der Waals surface area contributed by atoms with E-state index in [1.165, 1.54) is 60.1 Å². The van der Waals surface area contributed by atoms with Gasteiger partial charge in [-0.05, 0) is 49.2 Å². The van der Waals surface area contributed by atoms with E-state index in [9.17, 15) is 0 Å². The Morgan fingerprint density at radius 3 is 2.28 bits per heavy atom. The summed E-state index contributed by atoms with van der Waals surface area (Å²) in [6.45, 7) is 3.96. The maximum atomic E-state index is 6.48. The van der Waals surface area contributed by atoms with Crippen LogP contribution in [0.4, 0.5) is 0 Å². The zero-order chi connectivity index (χ0) is 21.0. The molecule has 0 spiro atoms. The molecule has 0 saturated carbocycles. The van der Waals surface area contributed by atoms with Crippen LogP contribution in [0, 0.1) is 0 Å². The molecule has 1 aliphatic heterocycles. The lowest BCUT2D eigenvalue weighted by Gasteiger charge is -2.27. The standard InChI is InChI=1S/C28H30N2O.ClH/c1-29-26-16-8-6-15-24(26)25(20-30-18-10-3-11-19-30)27(29)21-31-28-17-9-7-14-23(28)22-12-4-2-5-13-22;/h2,4-9,12-17H,3,10-11,18-21H2,1H3;1H. The van der Waals surface area contributed by atoms with E-state index in [0.29, 0.717) is 6.61 Å². The number of fused-ring (bicyclic) bond motifs is 1. The molecule has 0 N–H and O–H groups in total. The van der Waals surface area contributed by atoms with Gasteiger partial charge in [-0.1, -0.05) is 73.2 Å². The summed E-state index contributed by atoms with van der Waals surface area (Å²) in [4.78, 5) is 2.60. The van der Waals surface area contributed by atoms with Gasteiger partial charge in [-0.25, -0.2) is 0 Å². The molecule has 2 heterocycles. The average Bonchev–Trinajstić information content (AvgIpc) is 3.10. The minimum atomic E-state index is 0. The normalized spacial score (nSPS) is 14.3. The van der Waals surface area contributed by atoms with Crippen LogP contribution in [-0.4, -0.2) is 22.6 Å². The summed E-state index contributed by atoms with van der Waals surface area (Å²) in [5, 5.41) is 1.35. The van der Waals surface area contributed by atoms with Crippen molar-refractivity contribution in [2.75, 3.05) is 13.1 Å². The largest absolute Gasteiger partial charge is 0.487 e. The summed E-state index contributed by atoms with van der Waals surface area (Å²) in [5.74, 6) is 0.933. The highest BCUT2D eigenvalue weighted by molar-refractivity contribution is 5.86. The van der Waals surface area contributed by atoms with Gasteiger partial charge in [0.1, 0.15) is 12.4 Å². The highest BCUT2D eigenvalue weighted by Gasteiger charge is 2.19. The zero-order valence-corrected chi connectivity index (χ0v) is 19.5. The molecule has 3 aromatic carbocycles. The Hall–Kier alpha value is -2.75. The van der Waals surface area contributed by atoms with Gasteiger partial charge in [0.25, 0.3) is 0 Å². The first-order valence-corrected chi connectivity index (χ1v) is 11.4. The Bertz CT molecular complexity index is 1160. The fourth-order valence-corrected chi connectivity index (χ4v) is 4.82. The second kappa shape index (κ2) is 10.2. The lowest BCUT2D eigenvalue weighted by molar-refractivity contribution is 0.218. The molecule has 0 unspecified atom stereocenters. The summed E-state index contributed by atoms with van der Waals surface area (Å²) in [6.07, 6.45) is 3.97. The van der Waals surface area contributed by atoms with Crippen LogP contribution >= 0.6 is 12.4 Å². The Balaban J connectivity index is 0.00000245. The molecule has 3 nitrogen and oxygen atoms in total. The van der Waals surface area contributed by atoms with Crippen LogP contribution in [0.25, 0.3) is 22.0 Å². The second-order valence-electron chi connectivity index (χ2n) is 8.49. The van der Waals surface area contributed by atoms with Gasteiger partial charge in [0.15, 0.2) is 0 Å². The monoisotopic (exact) mass is 446 g/mol. The third-order valence-electron chi connectivity index (χ3n) is 6.51. The van der Waals surface area contributed by atoms with Gasteiger partial charge in [-0.15, -0.1) is 12.4 Å². The van der Waals surface area contributed by atoms with Crippen molar-refractivity contribution in [2.24, 2.45) is 7.05 Å². The molecule has 0 atom stereocenters. The summed E-state index contributed by atoms with van der Waals surface area (Å²) in [6, 6.07) is 27.6. The molecule has 166 valence electrons. The van der Waals surface area contributed by atoms with Crippen LogP contribution in [0.15, 0.2) is 78.9 Å². The van der Waals surface area contributed by atoms with E-state index >= 15 is 0 Å². The van der Waals surface area contributed by atoms with E-state index in [1.807, 2.05) is 0 Å². The Labute approximate surface area is 197 Å². The van der Waals surface area contributed by atoms with Gasteiger partial charge >= 0.3 is 0 Å². The van der Waals surface area contributed by atoms with E-state index in [4.69, 9.17) is 4.74 Å². The van der Waals surface area contributed by atoms with E-state index < -0.39 is 0 Å². The Kier molecular flexibility index (Phi) is 7.19. The fraction of sp³-hybridized carbons (Fsp3) is 0.286. The van der Waals surface area contributed by atoms with Gasteiger partial charge in [0.05, 0.1) is 5.69 Å². The topological polar surface area (TPSA) is 17.4 Å². The van der Waals surface area contributed by atoms with Crippen molar-refractivity contribution in [1.29, 1.82) is 0 Å². The Morgan fingerprint density at radius 1 is 0.781 bits per heavy atom. The summed E-state index contributed by atoms with van der Waals surface area (Å²) < 4.78 is 8.80. The van der Waals surface area contributed by atoms with Crippen molar-refractivity contribution in [3.8, 4) is 16.9 Å². The van der Waals surface area contributed by atoms with E-state index in [1.54, 1.807) is 0 Å².